The largest absolute Gasteiger partial charge is 0.329 e. The highest BCUT2D eigenvalue weighted by atomic mass is 35.5. The van der Waals surface area contributed by atoms with Gasteiger partial charge in [0, 0.05) is 10.6 Å². The van der Waals surface area contributed by atoms with E-state index >= 15 is 0 Å². The maximum atomic E-state index is 12.2. The molecule has 0 aromatic heterocycles. The van der Waals surface area contributed by atoms with Crippen LogP contribution in [0.3, 0.4) is 0 Å². The van der Waals surface area contributed by atoms with Gasteiger partial charge in [-0.15, -0.1) is 0 Å². The summed E-state index contributed by atoms with van der Waals surface area (Å²) >= 11 is 5.81. The van der Waals surface area contributed by atoms with Crippen molar-refractivity contribution in [1.29, 1.82) is 0 Å². The fourth-order valence-corrected chi connectivity index (χ4v) is 2.87. The molecule has 2 nitrogen and oxygen atoms in total. The molecule has 1 aliphatic carbocycles. The second kappa shape index (κ2) is 3.77. The van der Waals surface area contributed by atoms with E-state index in [-0.39, 0.29) is 5.91 Å². The van der Waals surface area contributed by atoms with Crippen molar-refractivity contribution < 1.29 is 4.79 Å². The maximum absolute atomic E-state index is 12.2. The molecule has 2 atom stereocenters. The molecule has 1 aromatic rings. The molecule has 0 bridgehead atoms. The van der Waals surface area contributed by atoms with Crippen LogP contribution in [0.2, 0.25) is 5.02 Å². The van der Waals surface area contributed by atoms with Gasteiger partial charge >= 0.3 is 0 Å². The zero-order chi connectivity index (χ0) is 11.1. The van der Waals surface area contributed by atoms with Gasteiger partial charge in [0.1, 0.15) is 0 Å². The average Bonchev–Trinajstić information content (AvgIpc) is 3.03. The van der Waals surface area contributed by atoms with Gasteiger partial charge in [0.05, 0.1) is 12.1 Å². The second-order valence-corrected chi connectivity index (χ2v) is 5.07. The molecular formula is C13H14ClNO. The minimum absolute atomic E-state index is 0.175. The minimum atomic E-state index is 0.175. The number of halogens is 1. The van der Waals surface area contributed by atoms with Gasteiger partial charge in [-0.3, -0.25) is 4.79 Å². The first-order valence-corrected chi connectivity index (χ1v) is 6.23. The third-order valence-electron chi connectivity index (χ3n) is 3.64. The first kappa shape index (κ1) is 10.2. The van der Waals surface area contributed by atoms with Crippen molar-refractivity contribution in [2.24, 2.45) is 0 Å². The molecule has 0 spiro atoms. The Morgan fingerprint density at radius 1 is 1.12 bits per heavy atom. The number of likely N-dealkylation sites (tertiary alicyclic amines) is 1. The quantitative estimate of drug-likeness (QED) is 0.685. The van der Waals surface area contributed by atoms with Crippen LogP contribution >= 0.6 is 11.6 Å². The lowest BCUT2D eigenvalue weighted by Crippen LogP contribution is -2.14. The van der Waals surface area contributed by atoms with E-state index in [1.165, 1.54) is 25.7 Å². The number of rotatable bonds is 1. The van der Waals surface area contributed by atoms with Gasteiger partial charge in [-0.2, -0.15) is 0 Å². The molecule has 2 unspecified atom stereocenters. The van der Waals surface area contributed by atoms with Crippen molar-refractivity contribution in [3.8, 4) is 0 Å². The Labute approximate surface area is 100 Å². The SMILES string of the molecule is O=C(c1ccc(Cl)cc1)N1C2CCCCC21. The van der Waals surface area contributed by atoms with Crippen LogP contribution in [-0.2, 0) is 0 Å². The van der Waals surface area contributed by atoms with Crippen molar-refractivity contribution in [3.05, 3.63) is 34.9 Å². The molecule has 2 fully saturated rings. The highest BCUT2D eigenvalue weighted by molar-refractivity contribution is 6.30. The third-order valence-corrected chi connectivity index (χ3v) is 3.90. The summed E-state index contributed by atoms with van der Waals surface area (Å²) in [5.74, 6) is 0.175. The smallest absolute Gasteiger partial charge is 0.254 e. The Morgan fingerprint density at radius 2 is 1.69 bits per heavy atom. The van der Waals surface area contributed by atoms with E-state index in [4.69, 9.17) is 11.6 Å². The molecule has 84 valence electrons. The molecule has 1 saturated carbocycles. The highest BCUT2D eigenvalue weighted by Gasteiger charge is 2.51. The van der Waals surface area contributed by atoms with Crippen LogP contribution in [0.5, 0.6) is 0 Å². The molecule has 3 heteroatoms. The highest BCUT2D eigenvalue weighted by Crippen LogP contribution is 2.41. The van der Waals surface area contributed by atoms with Crippen molar-refractivity contribution in [2.45, 2.75) is 37.8 Å². The summed E-state index contributed by atoms with van der Waals surface area (Å²) in [4.78, 5) is 14.2. The number of carbonyl (C=O) groups excluding carboxylic acids is 1. The summed E-state index contributed by atoms with van der Waals surface area (Å²) < 4.78 is 0. The van der Waals surface area contributed by atoms with E-state index in [0.29, 0.717) is 17.1 Å². The molecule has 1 aromatic carbocycles. The summed E-state index contributed by atoms with van der Waals surface area (Å²) in [7, 11) is 0. The topological polar surface area (TPSA) is 20.1 Å². The van der Waals surface area contributed by atoms with E-state index < -0.39 is 0 Å². The second-order valence-electron chi connectivity index (χ2n) is 4.64. The summed E-state index contributed by atoms with van der Waals surface area (Å²) in [6, 6.07) is 8.24. The van der Waals surface area contributed by atoms with Gasteiger partial charge < -0.3 is 4.90 Å². The van der Waals surface area contributed by atoms with E-state index in [0.717, 1.165) is 5.56 Å². The Balaban J connectivity index is 1.76. The summed E-state index contributed by atoms with van der Waals surface area (Å²) in [6.07, 6.45) is 4.91. The van der Waals surface area contributed by atoms with Crippen molar-refractivity contribution >= 4 is 17.5 Å². The fraction of sp³-hybridized carbons (Fsp3) is 0.462. The monoisotopic (exact) mass is 235 g/mol. The predicted octanol–water partition coefficient (Wildman–Crippen LogP) is 3.11. The molecule has 1 heterocycles. The van der Waals surface area contributed by atoms with Crippen molar-refractivity contribution in [1.82, 2.24) is 4.90 Å². The van der Waals surface area contributed by atoms with Gasteiger partial charge in [0.2, 0.25) is 0 Å². The van der Waals surface area contributed by atoms with E-state index in [9.17, 15) is 4.79 Å². The first-order valence-electron chi connectivity index (χ1n) is 5.85. The molecular weight excluding hydrogens is 222 g/mol. The molecule has 1 saturated heterocycles. The van der Waals surface area contributed by atoms with Gasteiger partial charge in [-0.25, -0.2) is 0 Å². The molecule has 0 N–H and O–H groups in total. The zero-order valence-electron chi connectivity index (χ0n) is 9.03. The fourth-order valence-electron chi connectivity index (χ4n) is 2.75. The van der Waals surface area contributed by atoms with Gasteiger partial charge in [-0.05, 0) is 37.1 Å². The van der Waals surface area contributed by atoms with Crippen molar-refractivity contribution in [3.63, 3.8) is 0 Å². The number of carbonyl (C=O) groups is 1. The summed E-state index contributed by atoms with van der Waals surface area (Å²) in [5, 5.41) is 0.680. The molecule has 1 amide bonds. The molecule has 2 aliphatic rings. The Morgan fingerprint density at radius 3 is 2.25 bits per heavy atom. The number of benzene rings is 1. The first-order chi connectivity index (χ1) is 7.77. The van der Waals surface area contributed by atoms with Gasteiger partial charge in [0.15, 0.2) is 0 Å². The Hall–Kier alpha value is -1.02. The van der Waals surface area contributed by atoms with Crippen LogP contribution in [0.1, 0.15) is 36.0 Å². The van der Waals surface area contributed by atoms with E-state index in [2.05, 4.69) is 0 Å². The van der Waals surface area contributed by atoms with E-state index in [1.807, 2.05) is 17.0 Å². The Kier molecular flexibility index (Phi) is 2.40. The van der Waals surface area contributed by atoms with Gasteiger partial charge in [-0.1, -0.05) is 24.4 Å². The lowest BCUT2D eigenvalue weighted by Gasteiger charge is -2.03. The summed E-state index contributed by atoms with van der Waals surface area (Å²) in [6.45, 7) is 0. The van der Waals surface area contributed by atoms with Crippen LogP contribution < -0.4 is 0 Å². The van der Waals surface area contributed by atoms with Crippen LogP contribution in [0, 0.1) is 0 Å². The molecule has 0 radical (unpaired) electrons. The van der Waals surface area contributed by atoms with Crippen molar-refractivity contribution in [2.75, 3.05) is 0 Å². The zero-order valence-corrected chi connectivity index (χ0v) is 9.78. The predicted molar refractivity (Wildman–Crippen MR) is 63.7 cm³/mol. The number of fused-ring (bicyclic) bond motifs is 1. The lowest BCUT2D eigenvalue weighted by molar-refractivity contribution is 0.0865. The standard InChI is InChI=1S/C13H14ClNO/c14-10-7-5-9(6-8-10)13(16)15-11-3-1-2-4-12(11)15/h5-8,11-12H,1-4H2. The Bertz CT molecular complexity index is 402. The van der Waals surface area contributed by atoms with Crippen LogP contribution in [0.4, 0.5) is 0 Å². The normalized spacial score (nSPS) is 27.4. The van der Waals surface area contributed by atoms with Crippen LogP contribution in [-0.4, -0.2) is 22.9 Å². The van der Waals surface area contributed by atoms with Gasteiger partial charge in [0.25, 0.3) is 5.91 Å². The molecule has 16 heavy (non-hydrogen) atoms. The molecule has 1 aliphatic heterocycles. The maximum Gasteiger partial charge on any atom is 0.254 e. The third kappa shape index (κ3) is 1.61. The summed E-state index contributed by atoms with van der Waals surface area (Å²) in [5.41, 5.74) is 0.763. The average molecular weight is 236 g/mol. The molecule has 3 rings (SSSR count). The number of nitrogens with zero attached hydrogens (tertiary/aromatic N) is 1. The van der Waals surface area contributed by atoms with Crippen LogP contribution in [0.25, 0.3) is 0 Å². The number of amides is 1. The van der Waals surface area contributed by atoms with E-state index in [1.54, 1.807) is 12.1 Å². The lowest BCUT2D eigenvalue weighted by atomic mass is 10.0. The minimum Gasteiger partial charge on any atom is -0.329 e. The number of hydrogen-bond acceptors (Lipinski definition) is 1. The van der Waals surface area contributed by atoms with Crippen LogP contribution in [0.15, 0.2) is 24.3 Å². The number of hydrogen-bond donors (Lipinski definition) is 0.